The van der Waals surface area contributed by atoms with Crippen LogP contribution in [0.5, 0.6) is 0 Å². The quantitative estimate of drug-likeness (QED) is 0.852. The molecule has 1 N–H and O–H groups in total. The average Bonchev–Trinajstić information content (AvgIpc) is 2.99. The Morgan fingerprint density at radius 3 is 2.50 bits per heavy atom. The van der Waals surface area contributed by atoms with Gasteiger partial charge in [-0.1, -0.05) is 43.2 Å². The van der Waals surface area contributed by atoms with Crippen molar-refractivity contribution in [2.24, 2.45) is 11.8 Å². The molecule has 0 bridgehead atoms. The highest BCUT2D eigenvalue weighted by Crippen LogP contribution is 2.37. The number of fused-ring (bicyclic) bond motifs is 1. The Balaban J connectivity index is 1.17. The van der Waals surface area contributed by atoms with Gasteiger partial charge in [0.2, 0.25) is 5.91 Å². The van der Waals surface area contributed by atoms with Crippen LogP contribution in [0.1, 0.15) is 44.1 Å². The molecule has 1 aromatic carbocycles. The van der Waals surface area contributed by atoms with Crippen LogP contribution >= 0.6 is 0 Å². The summed E-state index contributed by atoms with van der Waals surface area (Å²) in [5.41, 5.74) is 1.41. The van der Waals surface area contributed by atoms with Crippen molar-refractivity contribution >= 4 is 5.91 Å². The molecule has 0 aromatic heterocycles. The van der Waals surface area contributed by atoms with Gasteiger partial charge in [-0.3, -0.25) is 9.69 Å². The molecule has 1 aromatic rings. The van der Waals surface area contributed by atoms with Crippen LogP contribution < -0.4 is 5.32 Å². The predicted molar refractivity (Wildman–Crippen MR) is 105 cm³/mol. The number of carbonyl (C=O) groups excluding carboxylic acids is 1. The number of carbonyl (C=O) groups is 1. The molecule has 3 atom stereocenters. The van der Waals surface area contributed by atoms with Gasteiger partial charge in [0.1, 0.15) is 0 Å². The highest BCUT2D eigenvalue weighted by Gasteiger charge is 2.42. The first kappa shape index (κ1) is 18.0. The summed E-state index contributed by atoms with van der Waals surface area (Å²) in [6, 6.07) is 11.3. The molecule has 3 aliphatic rings. The van der Waals surface area contributed by atoms with E-state index in [1.165, 1.54) is 37.7 Å². The second-order valence-corrected chi connectivity index (χ2v) is 8.42. The van der Waals surface area contributed by atoms with Gasteiger partial charge in [-0.15, -0.1) is 0 Å². The lowest BCUT2D eigenvalue weighted by molar-refractivity contribution is -0.123. The summed E-state index contributed by atoms with van der Waals surface area (Å²) in [5.74, 6) is 1.26. The summed E-state index contributed by atoms with van der Waals surface area (Å²) in [6.07, 6.45) is 7.32. The normalized spacial score (nSPS) is 30.2. The van der Waals surface area contributed by atoms with Gasteiger partial charge >= 0.3 is 0 Å². The van der Waals surface area contributed by atoms with E-state index in [2.05, 4.69) is 45.4 Å². The summed E-state index contributed by atoms with van der Waals surface area (Å²) < 4.78 is 0. The molecule has 4 rings (SSSR count). The van der Waals surface area contributed by atoms with Crippen molar-refractivity contribution in [1.29, 1.82) is 0 Å². The molecule has 2 saturated heterocycles. The first-order chi connectivity index (χ1) is 12.8. The van der Waals surface area contributed by atoms with Gasteiger partial charge in [0.25, 0.3) is 0 Å². The Morgan fingerprint density at radius 1 is 0.962 bits per heavy atom. The zero-order valence-corrected chi connectivity index (χ0v) is 15.9. The summed E-state index contributed by atoms with van der Waals surface area (Å²) >= 11 is 0. The first-order valence-corrected chi connectivity index (χ1v) is 10.6. The van der Waals surface area contributed by atoms with E-state index in [1.54, 1.807) is 0 Å². The maximum absolute atomic E-state index is 12.3. The molecule has 26 heavy (non-hydrogen) atoms. The third-order valence-corrected chi connectivity index (χ3v) is 6.70. The van der Waals surface area contributed by atoms with Crippen molar-refractivity contribution < 1.29 is 4.79 Å². The third kappa shape index (κ3) is 4.29. The van der Waals surface area contributed by atoms with E-state index in [-0.39, 0.29) is 0 Å². The Hall–Kier alpha value is -1.39. The Labute approximate surface area is 157 Å². The zero-order chi connectivity index (χ0) is 17.8. The van der Waals surface area contributed by atoms with E-state index in [4.69, 9.17) is 0 Å². The number of nitrogens with one attached hydrogen (secondary N) is 1. The molecule has 1 unspecified atom stereocenters. The minimum Gasteiger partial charge on any atom is -0.353 e. The van der Waals surface area contributed by atoms with Crippen LogP contribution in [0.4, 0.5) is 0 Å². The van der Waals surface area contributed by atoms with Crippen molar-refractivity contribution in [2.45, 2.75) is 51.1 Å². The van der Waals surface area contributed by atoms with Crippen LogP contribution in [-0.4, -0.2) is 54.5 Å². The lowest BCUT2D eigenvalue weighted by Crippen LogP contribution is -2.46. The second kappa shape index (κ2) is 8.53. The third-order valence-electron chi connectivity index (χ3n) is 6.70. The van der Waals surface area contributed by atoms with Crippen LogP contribution in [-0.2, 0) is 11.3 Å². The minimum absolute atomic E-state index is 0.291. The lowest BCUT2D eigenvalue weighted by atomic mass is 9.78. The van der Waals surface area contributed by atoms with Gasteiger partial charge in [-0.05, 0) is 43.7 Å². The molecular weight excluding hydrogens is 322 g/mol. The van der Waals surface area contributed by atoms with E-state index >= 15 is 0 Å². The number of piperazine rings is 1. The van der Waals surface area contributed by atoms with Crippen molar-refractivity contribution in [1.82, 2.24) is 15.1 Å². The number of rotatable bonds is 6. The predicted octanol–water partition coefficient (Wildman–Crippen LogP) is 2.89. The highest BCUT2D eigenvalue weighted by atomic mass is 16.2. The summed E-state index contributed by atoms with van der Waals surface area (Å²) in [4.78, 5) is 17.5. The second-order valence-electron chi connectivity index (χ2n) is 8.42. The van der Waals surface area contributed by atoms with Crippen molar-refractivity contribution in [3.05, 3.63) is 35.9 Å². The van der Waals surface area contributed by atoms with E-state index in [9.17, 15) is 4.79 Å². The topological polar surface area (TPSA) is 35.6 Å². The number of hydrogen-bond donors (Lipinski definition) is 1. The summed E-state index contributed by atoms with van der Waals surface area (Å²) in [6.45, 7) is 6.86. The molecule has 0 spiro atoms. The average molecular weight is 356 g/mol. The molecule has 142 valence electrons. The number of hydrogen-bond acceptors (Lipinski definition) is 3. The van der Waals surface area contributed by atoms with E-state index in [1.807, 2.05) is 0 Å². The molecule has 0 radical (unpaired) electrons. The summed E-state index contributed by atoms with van der Waals surface area (Å²) in [5, 5.41) is 3.26. The largest absolute Gasteiger partial charge is 0.353 e. The number of amides is 1. The molecule has 3 fully saturated rings. The Morgan fingerprint density at radius 2 is 1.69 bits per heavy atom. The summed E-state index contributed by atoms with van der Waals surface area (Å²) in [7, 11) is 0. The SMILES string of the molecule is O=C1N[C@@H]2CCCC[C@H]2C1CCCN1CCN(Cc2ccccc2)CC1. The van der Waals surface area contributed by atoms with Crippen molar-refractivity contribution in [2.75, 3.05) is 32.7 Å². The van der Waals surface area contributed by atoms with Gasteiger partial charge < -0.3 is 10.2 Å². The lowest BCUT2D eigenvalue weighted by Gasteiger charge is -2.35. The van der Waals surface area contributed by atoms with Crippen molar-refractivity contribution in [3.8, 4) is 0 Å². The van der Waals surface area contributed by atoms with Crippen LogP contribution in [0.2, 0.25) is 0 Å². The Bertz CT molecular complexity index is 582. The van der Waals surface area contributed by atoms with E-state index < -0.39 is 0 Å². The molecular formula is C22H33N3O. The van der Waals surface area contributed by atoms with Gasteiger partial charge in [-0.2, -0.15) is 0 Å². The maximum Gasteiger partial charge on any atom is 0.223 e. The van der Waals surface area contributed by atoms with Crippen molar-refractivity contribution in [3.63, 3.8) is 0 Å². The smallest absolute Gasteiger partial charge is 0.223 e. The van der Waals surface area contributed by atoms with Crippen LogP contribution in [0.3, 0.4) is 0 Å². The zero-order valence-electron chi connectivity index (χ0n) is 15.9. The first-order valence-electron chi connectivity index (χ1n) is 10.6. The molecule has 1 aliphatic carbocycles. The minimum atomic E-state index is 0.291. The van der Waals surface area contributed by atoms with Gasteiger partial charge in [0.05, 0.1) is 0 Å². The molecule has 1 amide bonds. The van der Waals surface area contributed by atoms with E-state index in [0.29, 0.717) is 23.8 Å². The molecule has 4 nitrogen and oxygen atoms in total. The molecule has 4 heteroatoms. The van der Waals surface area contributed by atoms with Crippen LogP contribution in [0.15, 0.2) is 30.3 Å². The van der Waals surface area contributed by atoms with Crippen LogP contribution in [0, 0.1) is 11.8 Å². The standard InChI is InChI=1S/C22H33N3O/c26-22-20(19-9-4-5-11-21(19)23-22)10-6-12-24-13-15-25(16-14-24)17-18-7-2-1-3-8-18/h1-3,7-8,19-21H,4-6,9-17H2,(H,23,26)/t19-,20?,21+/m0/s1. The van der Waals surface area contributed by atoms with Gasteiger partial charge in [0, 0.05) is 44.7 Å². The van der Waals surface area contributed by atoms with Gasteiger partial charge in [0.15, 0.2) is 0 Å². The fourth-order valence-electron chi connectivity index (χ4n) is 5.20. The maximum atomic E-state index is 12.3. The van der Waals surface area contributed by atoms with E-state index in [0.717, 1.165) is 45.7 Å². The molecule has 2 aliphatic heterocycles. The highest BCUT2D eigenvalue weighted by molar-refractivity contribution is 5.81. The number of benzene rings is 1. The van der Waals surface area contributed by atoms with Crippen LogP contribution in [0.25, 0.3) is 0 Å². The Kier molecular flexibility index (Phi) is 5.91. The monoisotopic (exact) mass is 355 g/mol. The molecule has 1 saturated carbocycles. The van der Waals surface area contributed by atoms with Gasteiger partial charge in [-0.25, -0.2) is 0 Å². The fourth-order valence-corrected chi connectivity index (χ4v) is 5.20. The number of nitrogens with zero attached hydrogens (tertiary/aromatic N) is 2. The fraction of sp³-hybridized carbons (Fsp3) is 0.682. The molecule has 2 heterocycles.